The highest BCUT2D eigenvalue weighted by atomic mass is 35.5. The highest BCUT2D eigenvalue weighted by Gasteiger charge is 2.30. The van der Waals surface area contributed by atoms with Crippen molar-refractivity contribution < 1.29 is 30.8 Å². The number of carbonyl (C=O) groups is 1. The van der Waals surface area contributed by atoms with Crippen LogP contribution < -0.4 is 18.5 Å². The number of hydrogen-bond donors (Lipinski definition) is 2. The molecule has 1 atom stereocenters. The highest BCUT2D eigenvalue weighted by molar-refractivity contribution is 7.92. The molecule has 0 spiro atoms. The van der Waals surface area contributed by atoms with Crippen LogP contribution in [-0.2, 0) is 32.6 Å². The van der Waals surface area contributed by atoms with Crippen LogP contribution in [0.4, 0.5) is 21.9 Å². The third-order valence-corrected chi connectivity index (χ3v) is 11.5. The van der Waals surface area contributed by atoms with Crippen LogP contribution in [0, 0.1) is 32.1 Å². The van der Waals surface area contributed by atoms with E-state index in [0.717, 1.165) is 54.2 Å². The predicted octanol–water partition coefficient (Wildman–Crippen LogP) is 10.2. The molecule has 2 N–H and O–H groups in total. The van der Waals surface area contributed by atoms with E-state index in [0.29, 0.717) is 49.5 Å². The third kappa shape index (κ3) is 9.12. The van der Waals surface area contributed by atoms with Gasteiger partial charge in [-0.1, -0.05) is 60.8 Å². The van der Waals surface area contributed by atoms with Crippen molar-refractivity contribution in [2.45, 2.75) is 59.1 Å². The Bertz CT molecular complexity index is 2770. The summed E-state index contributed by atoms with van der Waals surface area (Å²) in [5, 5.41) is 11.5. The van der Waals surface area contributed by atoms with E-state index in [1.165, 1.54) is 6.07 Å². The molecule has 1 heterocycles. The molecule has 0 saturated heterocycles. The maximum Gasteiger partial charge on any atom is 0.414 e. The number of carbonyl (C=O) groups excluding carboxylic acids is 1. The van der Waals surface area contributed by atoms with E-state index < -0.39 is 27.4 Å². The zero-order valence-electron chi connectivity index (χ0n) is 32.2. The summed E-state index contributed by atoms with van der Waals surface area (Å²) >= 11 is 4.47. The second-order valence-electron chi connectivity index (χ2n) is 14.3. The first kappa shape index (κ1) is 40.3. The second-order valence-corrected chi connectivity index (χ2v) is 17.3. The summed E-state index contributed by atoms with van der Waals surface area (Å²) in [6.07, 6.45) is 5.88. The van der Waals surface area contributed by atoms with Crippen molar-refractivity contribution in [3.8, 4) is 11.8 Å². The number of sulfonamides is 1. The number of hydrogen-bond acceptors (Lipinski definition) is 9. The summed E-state index contributed by atoms with van der Waals surface area (Å²) < 4.78 is 59.9. The van der Waals surface area contributed by atoms with Crippen LogP contribution >= 0.6 is 11.6 Å². The Balaban J connectivity index is 1.06. The van der Waals surface area contributed by atoms with Gasteiger partial charge in [0.25, 0.3) is 0 Å². The van der Waals surface area contributed by atoms with Crippen LogP contribution in [0.25, 0.3) is 33.5 Å². The quantitative estimate of drug-likeness (QED) is 0.114. The van der Waals surface area contributed by atoms with Gasteiger partial charge in [-0.3, -0.25) is 14.3 Å². The van der Waals surface area contributed by atoms with E-state index >= 15 is 0 Å². The normalized spacial score (nSPS) is 14.0. The first-order valence-electron chi connectivity index (χ1n) is 18.5. The molecule has 1 unspecified atom stereocenters. The molecule has 5 aromatic carbocycles. The number of nitrogens with one attached hydrogen (secondary N) is 2. The standard InChI is InChI=1S/C43H40ClN5O7S2/c1-26-19-28(3)41-39(20-26)46-42(55-41)30(24-45)22-29-13-15-34(21-27(29)2)49(33-9-5-6-10-33)43(50)54-25-31-23-32(14-16-37(31)44)47-57(51)56-40-18-17-38(48-58(4,52)53)35-11-7-8-12-36(35)40/h7-8,11-23,33,47-48H,5-6,9-10,25H2,1-4H3/b30-22+. The van der Waals surface area contributed by atoms with E-state index in [1.54, 1.807) is 59.5 Å². The van der Waals surface area contributed by atoms with Crippen molar-refractivity contribution in [1.29, 1.82) is 5.26 Å². The number of fused-ring (bicyclic) bond motifs is 2. The molecule has 0 bridgehead atoms. The van der Waals surface area contributed by atoms with Gasteiger partial charge in [-0.2, -0.15) is 9.47 Å². The molecule has 1 aromatic heterocycles. The third-order valence-electron chi connectivity index (χ3n) is 9.83. The first-order valence-corrected chi connectivity index (χ1v) is 21.8. The fourth-order valence-corrected chi connectivity index (χ4v) is 8.60. The van der Waals surface area contributed by atoms with Crippen LogP contribution in [-0.4, -0.2) is 36.0 Å². The van der Waals surface area contributed by atoms with E-state index in [4.69, 9.17) is 24.9 Å². The van der Waals surface area contributed by atoms with Crippen molar-refractivity contribution >= 4 is 89.6 Å². The van der Waals surface area contributed by atoms with Gasteiger partial charge in [-0.15, -0.1) is 0 Å². The van der Waals surface area contributed by atoms with Gasteiger partial charge in [0.1, 0.15) is 29.5 Å². The Labute approximate surface area is 344 Å². The molecule has 7 rings (SSSR count). The average molecular weight is 838 g/mol. The SMILES string of the molecule is Cc1cc(C)c2oc(/C(C#N)=C/c3ccc(N(C(=O)OCc4cc(NS(=O)Oc5ccc(NS(C)(=O)=O)c6ccccc56)ccc4Cl)C4CCCC4)cc3C)nc2c1. The zero-order valence-corrected chi connectivity index (χ0v) is 34.6. The molecule has 298 valence electrons. The summed E-state index contributed by atoms with van der Waals surface area (Å²) in [5.41, 5.74) is 7.16. The molecule has 0 aliphatic heterocycles. The zero-order chi connectivity index (χ0) is 41.1. The van der Waals surface area contributed by atoms with E-state index in [-0.39, 0.29) is 29.9 Å². The number of rotatable bonds is 12. The molecular formula is C43H40ClN5O7S2. The maximum atomic E-state index is 13.9. The number of nitrogens with zero attached hydrogens (tertiary/aromatic N) is 3. The fraction of sp³-hybridized carbons (Fsp3) is 0.233. The van der Waals surface area contributed by atoms with Gasteiger partial charge < -0.3 is 13.3 Å². The largest absolute Gasteiger partial charge is 0.444 e. The van der Waals surface area contributed by atoms with Crippen LogP contribution in [0.5, 0.6) is 5.75 Å². The minimum atomic E-state index is -3.53. The number of aromatic nitrogens is 1. The lowest BCUT2D eigenvalue weighted by molar-refractivity contribution is 0.144. The number of nitriles is 1. The number of aryl methyl sites for hydroxylation is 3. The summed E-state index contributed by atoms with van der Waals surface area (Å²) in [4.78, 5) is 20.2. The molecule has 6 aromatic rings. The van der Waals surface area contributed by atoms with Gasteiger partial charge in [0.2, 0.25) is 15.9 Å². The van der Waals surface area contributed by atoms with Crippen molar-refractivity contribution in [3.05, 3.63) is 124 Å². The van der Waals surface area contributed by atoms with Gasteiger partial charge in [0.15, 0.2) is 5.58 Å². The molecule has 1 saturated carbocycles. The molecule has 1 aliphatic carbocycles. The molecule has 0 radical (unpaired) electrons. The number of anilines is 3. The van der Waals surface area contributed by atoms with Gasteiger partial charge in [-0.25, -0.2) is 18.2 Å². The molecule has 15 heteroatoms. The number of halogens is 1. The number of amides is 1. The Morgan fingerprint density at radius 1 is 1.02 bits per heavy atom. The number of ether oxygens (including phenoxy) is 1. The lowest BCUT2D eigenvalue weighted by Crippen LogP contribution is -2.39. The second kappa shape index (κ2) is 16.9. The minimum Gasteiger partial charge on any atom is -0.444 e. The minimum absolute atomic E-state index is 0.0650. The summed E-state index contributed by atoms with van der Waals surface area (Å²) in [7, 11) is -3.53. The summed E-state index contributed by atoms with van der Waals surface area (Å²) in [6, 6.07) is 26.7. The van der Waals surface area contributed by atoms with Crippen molar-refractivity contribution in [1.82, 2.24) is 4.98 Å². The van der Waals surface area contributed by atoms with Gasteiger partial charge in [0, 0.05) is 38.8 Å². The number of benzene rings is 5. The Kier molecular flexibility index (Phi) is 11.8. The Morgan fingerprint density at radius 3 is 2.50 bits per heavy atom. The van der Waals surface area contributed by atoms with E-state index in [2.05, 4.69) is 20.5 Å². The van der Waals surface area contributed by atoms with Crippen LogP contribution in [0.15, 0.2) is 89.3 Å². The van der Waals surface area contributed by atoms with Crippen molar-refractivity contribution in [2.24, 2.45) is 0 Å². The summed E-state index contributed by atoms with van der Waals surface area (Å²) in [5.74, 6) is 0.515. The van der Waals surface area contributed by atoms with Crippen LogP contribution in [0.2, 0.25) is 5.02 Å². The molecule has 1 amide bonds. The van der Waals surface area contributed by atoms with Gasteiger partial charge in [-0.05, 0) is 110 Å². The van der Waals surface area contributed by atoms with Crippen LogP contribution in [0.3, 0.4) is 0 Å². The fourth-order valence-electron chi connectivity index (χ4n) is 7.18. The lowest BCUT2D eigenvalue weighted by Gasteiger charge is -2.29. The van der Waals surface area contributed by atoms with E-state index in [9.17, 15) is 22.7 Å². The smallest absolute Gasteiger partial charge is 0.414 e. The summed E-state index contributed by atoms with van der Waals surface area (Å²) in [6.45, 7) is 5.70. The topological polar surface area (TPSA) is 164 Å². The highest BCUT2D eigenvalue weighted by Crippen LogP contribution is 2.35. The average Bonchev–Trinajstić information content (AvgIpc) is 3.86. The lowest BCUT2D eigenvalue weighted by atomic mass is 10.0. The molecule has 1 fully saturated rings. The van der Waals surface area contributed by atoms with Gasteiger partial charge in [0.05, 0.1) is 11.9 Å². The predicted molar refractivity (Wildman–Crippen MR) is 229 cm³/mol. The van der Waals surface area contributed by atoms with Gasteiger partial charge >= 0.3 is 17.4 Å². The first-order chi connectivity index (χ1) is 27.8. The molecule has 1 aliphatic rings. The molecular weight excluding hydrogens is 798 g/mol. The van der Waals surface area contributed by atoms with Crippen molar-refractivity contribution in [2.75, 3.05) is 20.6 Å². The number of allylic oxidation sites excluding steroid dienone is 1. The Morgan fingerprint density at radius 2 is 1.78 bits per heavy atom. The molecule has 12 nitrogen and oxygen atoms in total. The Hall–Kier alpha value is -5.88. The van der Waals surface area contributed by atoms with Crippen LogP contribution in [0.1, 0.15) is 59.4 Å². The maximum absolute atomic E-state index is 13.9. The van der Waals surface area contributed by atoms with Crippen molar-refractivity contribution in [3.63, 3.8) is 0 Å². The monoisotopic (exact) mass is 837 g/mol. The van der Waals surface area contributed by atoms with E-state index in [1.807, 2.05) is 51.1 Å². The molecule has 58 heavy (non-hydrogen) atoms. The number of oxazole rings is 1.